The molecule has 3 heteroatoms. The number of hydrogen-bond acceptors (Lipinski definition) is 2. The lowest BCUT2D eigenvalue weighted by Crippen LogP contribution is -2.31. The maximum absolute atomic E-state index is 13.1. The molecule has 0 amide bonds. The Bertz CT molecular complexity index is 354. The molecule has 0 fully saturated rings. The molecule has 96 valence electrons. The van der Waals surface area contributed by atoms with Crippen molar-refractivity contribution in [3.8, 4) is 0 Å². The predicted octanol–water partition coefficient (Wildman–Crippen LogP) is 3.21. The summed E-state index contributed by atoms with van der Waals surface area (Å²) in [6.45, 7) is 4.07. The van der Waals surface area contributed by atoms with E-state index in [4.69, 9.17) is 4.74 Å². The smallest absolute Gasteiger partial charge is 0.123 e. The van der Waals surface area contributed by atoms with Gasteiger partial charge in [-0.25, -0.2) is 4.39 Å². The summed E-state index contributed by atoms with van der Waals surface area (Å²) in [5.74, 6) is -0.189. The van der Waals surface area contributed by atoms with Crippen LogP contribution in [0.15, 0.2) is 18.2 Å². The van der Waals surface area contributed by atoms with Crippen LogP contribution in [0.3, 0.4) is 0 Å². The number of aryl methyl sites for hydroxylation is 1. The first-order valence-electron chi connectivity index (χ1n) is 6.10. The number of rotatable bonds is 6. The van der Waals surface area contributed by atoms with Gasteiger partial charge >= 0.3 is 0 Å². The molecule has 0 aliphatic rings. The van der Waals surface area contributed by atoms with Gasteiger partial charge in [0, 0.05) is 7.11 Å². The minimum atomic E-state index is -0.189. The highest BCUT2D eigenvalue weighted by Gasteiger charge is 2.22. The van der Waals surface area contributed by atoms with E-state index in [0.29, 0.717) is 0 Å². The Hall–Kier alpha value is -0.930. The molecule has 0 bridgehead atoms. The fourth-order valence-electron chi connectivity index (χ4n) is 2.23. The van der Waals surface area contributed by atoms with Crippen LogP contribution in [-0.4, -0.2) is 20.3 Å². The number of hydrogen-bond donors (Lipinski definition) is 1. The number of halogens is 1. The molecule has 1 rings (SSSR count). The van der Waals surface area contributed by atoms with Crippen LogP contribution in [-0.2, 0) is 4.74 Å². The van der Waals surface area contributed by atoms with Crippen LogP contribution in [0.4, 0.5) is 4.39 Å². The van der Waals surface area contributed by atoms with Gasteiger partial charge in [0.15, 0.2) is 0 Å². The van der Waals surface area contributed by atoms with Crippen molar-refractivity contribution < 1.29 is 9.13 Å². The van der Waals surface area contributed by atoms with Crippen LogP contribution in [0.2, 0.25) is 0 Å². The van der Waals surface area contributed by atoms with Gasteiger partial charge in [-0.05, 0) is 43.7 Å². The average Bonchev–Trinajstić information content (AvgIpc) is 2.31. The first-order valence-corrected chi connectivity index (χ1v) is 6.10. The van der Waals surface area contributed by atoms with E-state index in [9.17, 15) is 4.39 Å². The molecule has 17 heavy (non-hydrogen) atoms. The second-order valence-electron chi connectivity index (χ2n) is 4.33. The van der Waals surface area contributed by atoms with E-state index in [-0.39, 0.29) is 18.0 Å². The zero-order valence-corrected chi connectivity index (χ0v) is 11.1. The Labute approximate surface area is 103 Å². The quantitative estimate of drug-likeness (QED) is 0.823. The highest BCUT2D eigenvalue weighted by Crippen LogP contribution is 2.25. The van der Waals surface area contributed by atoms with Crippen LogP contribution < -0.4 is 5.32 Å². The number of likely N-dealkylation sites (N-methyl/N-ethyl adjacent to an activating group) is 1. The second-order valence-corrected chi connectivity index (χ2v) is 4.33. The van der Waals surface area contributed by atoms with Crippen LogP contribution in [0.1, 0.15) is 36.9 Å². The van der Waals surface area contributed by atoms with E-state index >= 15 is 0 Å². The largest absolute Gasteiger partial charge is 0.379 e. The first kappa shape index (κ1) is 14.1. The zero-order chi connectivity index (χ0) is 12.8. The van der Waals surface area contributed by atoms with Gasteiger partial charge in [-0.2, -0.15) is 0 Å². The Kier molecular flexibility index (Phi) is 5.59. The predicted molar refractivity (Wildman–Crippen MR) is 68.6 cm³/mol. The monoisotopic (exact) mass is 239 g/mol. The van der Waals surface area contributed by atoms with Gasteiger partial charge in [-0.1, -0.05) is 19.4 Å². The molecule has 0 saturated carbocycles. The summed E-state index contributed by atoms with van der Waals surface area (Å²) in [6, 6.07) is 5.03. The molecular formula is C14H22FNO. The standard InChI is InChI=1S/C14H22FNO/c1-5-6-13(17-4)14(16-3)12-8-7-11(15)9-10(12)2/h7-9,13-14,16H,5-6H2,1-4H3. The molecule has 0 aromatic heterocycles. The molecule has 2 nitrogen and oxygen atoms in total. The van der Waals surface area contributed by atoms with Crippen LogP contribution in [0, 0.1) is 12.7 Å². The van der Waals surface area contributed by atoms with Crippen LogP contribution in [0.5, 0.6) is 0 Å². The second kappa shape index (κ2) is 6.72. The summed E-state index contributed by atoms with van der Waals surface area (Å²) in [4.78, 5) is 0. The van der Waals surface area contributed by atoms with Gasteiger partial charge in [0.05, 0.1) is 12.1 Å². The molecule has 1 N–H and O–H groups in total. The Morgan fingerprint density at radius 1 is 1.41 bits per heavy atom. The third kappa shape index (κ3) is 3.51. The molecule has 2 atom stereocenters. The molecule has 2 unspecified atom stereocenters. The van der Waals surface area contributed by atoms with Crippen molar-refractivity contribution in [1.29, 1.82) is 0 Å². The lowest BCUT2D eigenvalue weighted by atomic mass is 9.94. The third-order valence-corrected chi connectivity index (χ3v) is 3.13. The minimum absolute atomic E-state index is 0.112. The molecular weight excluding hydrogens is 217 g/mol. The fourth-order valence-corrected chi connectivity index (χ4v) is 2.23. The molecule has 0 aliphatic carbocycles. The van der Waals surface area contributed by atoms with Gasteiger partial charge in [0.25, 0.3) is 0 Å². The topological polar surface area (TPSA) is 21.3 Å². The molecule has 0 heterocycles. The molecule has 0 saturated heterocycles. The third-order valence-electron chi connectivity index (χ3n) is 3.13. The highest BCUT2D eigenvalue weighted by molar-refractivity contribution is 5.30. The summed E-state index contributed by atoms with van der Waals surface area (Å²) in [5.41, 5.74) is 2.07. The summed E-state index contributed by atoms with van der Waals surface area (Å²) >= 11 is 0. The van der Waals surface area contributed by atoms with Gasteiger partial charge in [0.2, 0.25) is 0 Å². The normalized spacial score (nSPS) is 14.6. The van der Waals surface area contributed by atoms with Gasteiger partial charge in [0.1, 0.15) is 5.82 Å². The summed E-state index contributed by atoms with van der Waals surface area (Å²) in [7, 11) is 3.64. The molecule has 1 aromatic rings. The van der Waals surface area contributed by atoms with Crippen molar-refractivity contribution in [1.82, 2.24) is 5.32 Å². The Balaban J connectivity index is 2.99. The van der Waals surface area contributed by atoms with Gasteiger partial charge in [-0.3, -0.25) is 0 Å². The van der Waals surface area contributed by atoms with Gasteiger partial charge in [-0.15, -0.1) is 0 Å². The summed E-state index contributed by atoms with van der Waals surface area (Å²) in [5, 5.41) is 3.27. The van der Waals surface area contributed by atoms with Crippen molar-refractivity contribution in [3.63, 3.8) is 0 Å². The van der Waals surface area contributed by atoms with E-state index < -0.39 is 0 Å². The lowest BCUT2D eigenvalue weighted by molar-refractivity contribution is 0.0628. The van der Waals surface area contributed by atoms with E-state index in [0.717, 1.165) is 24.0 Å². The summed E-state index contributed by atoms with van der Waals surface area (Å²) in [6.07, 6.45) is 2.17. The summed E-state index contributed by atoms with van der Waals surface area (Å²) < 4.78 is 18.6. The van der Waals surface area contributed by atoms with E-state index in [1.54, 1.807) is 13.2 Å². The first-order chi connectivity index (χ1) is 8.13. The minimum Gasteiger partial charge on any atom is -0.379 e. The number of nitrogens with one attached hydrogen (secondary N) is 1. The van der Waals surface area contributed by atoms with Crippen molar-refractivity contribution in [2.24, 2.45) is 0 Å². The average molecular weight is 239 g/mol. The number of benzene rings is 1. The number of ether oxygens (including phenoxy) is 1. The Morgan fingerprint density at radius 3 is 2.59 bits per heavy atom. The number of methoxy groups -OCH3 is 1. The molecule has 0 aliphatic heterocycles. The fraction of sp³-hybridized carbons (Fsp3) is 0.571. The maximum atomic E-state index is 13.1. The zero-order valence-electron chi connectivity index (χ0n) is 11.1. The molecule has 1 aromatic carbocycles. The lowest BCUT2D eigenvalue weighted by Gasteiger charge is -2.27. The molecule has 0 radical (unpaired) electrons. The van der Waals surface area contributed by atoms with E-state index in [1.165, 1.54) is 6.07 Å². The van der Waals surface area contributed by atoms with Crippen molar-refractivity contribution in [3.05, 3.63) is 35.1 Å². The van der Waals surface area contributed by atoms with Crippen molar-refractivity contribution >= 4 is 0 Å². The SMILES string of the molecule is CCCC(OC)C(NC)c1ccc(F)cc1C. The van der Waals surface area contributed by atoms with Crippen molar-refractivity contribution in [2.75, 3.05) is 14.2 Å². The van der Waals surface area contributed by atoms with E-state index in [2.05, 4.69) is 12.2 Å². The van der Waals surface area contributed by atoms with E-state index in [1.807, 2.05) is 20.0 Å². The molecule has 0 spiro atoms. The maximum Gasteiger partial charge on any atom is 0.123 e. The van der Waals surface area contributed by atoms with Gasteiger partial charge < -0.3 is 10.1 Å². The Morgan fingerprint density at radius 2 is 2.12 bits per heavy atom. The highest BCUT2D eigenvalue weighted by atomic mass is 19.1. The van der Waals surface area contributed by atoms with Crippen LogP contribution >= 0.6 is 0 Å². The van der Waals surface area contributed by atoms with Crippen LogP contribution in [0.25, 0.3) is 0 Å². The van der Waals surface area contributed by atoms with Crippen molar-refractivity contribution in [2.45, 2.75) is 38.8 Å².